The molecule has 1 N–H and O–H groups in total. The average molecular weight is 478 g/mol. The highest BCUT2D eigenvalue weighted by molar-refractivity contribution is 9.10. The molecule has 0 bridgehead atoms. The number of rotatable bonds is 3. The van der Waals surface area contributed by atoms with E-state index in [4.69, 9.17) is 0 Å². The smallest absolute Gasteiger partial charge is 0.0470 e. The third kappa shape index (κ3) is 3.17. The average Bonchev–Trinajstić information content (AvgIpc) is 3.55. The summed E-state index contributed by atoms with van der Waals surface area (Å²) >= 11 is 3.64. The number of hydrogen-bond donors (Lipinski definition) is 1. The number of nitrogens with one attached hydrogen (secondary N) is 1. The highest BCUT2D eigenvalue weighted by atomic mass is 79.9. The first kappa shape index (κ1) is 19.9. The summed E-state index contributed by atoms with van der Waals surface area (Å²) in [7, 11) is 0. The van der Waals surface area contributed by atoms with Gasteiger partial charge in [-0.05, 0) is 59.7 Å². The van der Waals surface area contributed by atoms with Crippen LogP contribution in [0, 0.1) is 0 Å². The van der Waals surface area contributed by atoms with Gasteiger partial charge in [0.2, 0.25) is 0 Å². The molecule has 2 aliphatic carbocycles. The molecule has 0 spiro atoms. The van der Waals surface area contributed by atoms with Crippen molar-refractivity contribution in [3.8, 4) is 0 Å². The summed E-state index contributed by atoms with van der Waals surface area (Å²) in [5, 5.41) is 1.37. The number of aromatic nitrogens is 1. The van der Waals surface area contributed by atoms with Gasteiger partial charge in [0.25, 0.3) is 0 Å². The van der Waals surface area contributed by atoms with Gasteiger partial charge in [-0.15, -0.1) is 0 Å². The van der Waals surface area contributed by atoms with Crippen LogP contribution in [-0.2, 0) is 18.3 Å². The zero-order chi connectivity index (χ0) is 21.3. The second-order valence-corrected chi connectivity index (χ2v) is 11.1. The van der Waals surface area contributed by atoms with E-state index in [1.807, 2.05) is 0 Å². The van der Waals surface area contributed by atoms with Gasteiger partial charge in [-0.25, -0.2) is 0 Å². The minimum atomic E-state index is -0.0226. The molecule has 6 rings (SSSR count). The summed E-state index contributed by atoms with van der Waals surface area (Å²) in [6.07, 6.45) is 4.95. The molecule has 3 aliphatic rings. The van der Waals surface area contributed by atoms with E-state index in [2.05, 4.69) is 81.8 Å². The van der Waals surface area contributed by atoms with Crippen LogP contribution in [-0.4, -0.2) is 42.1 Å². The summed E-state index contributed by atoms with van der Waals surface area (Å²) in [4.78, 5) is 9.16. The highest BCUT2D eigenvalue weighted by Crippen LogP contribution is 2.46. The van der Waals surface area contributed by atoms with Gasteiger partial charge < -0.3 is 9.88 Å². The first-order valence-corrected chi connectivity index (χ1v) is 12.7. The van der Waals surface area contributed by atoms with Crippen molar-refractivity contribution >= 4 is 32.5 Å². The van der Waals surface area contributed by atoms with E-state index in [9.17, 15) is 0 Å². The number of benzene rings is 2. The molecule has 162 valence electrons. The first-order chi connectivity index (χ1) is 15.0. The molecule has 0 amide bonds. The Labute approximate surface area is 193 Å². The zero-order valence-corrected chi connectivity index (χ0v) is 20.5. The first-order valence-electron chi connectivity index (χ1n) is 11.9. The predicted octanol–water partition coefficient (Wildman–Crippen LogP) is 6.01. The van der Waals surface area contributed by atoms with E-state index in [-0.39, 0.29) is 5.41 Å². The fraction of sp³-hybridized carbons (Fsp3) is 0.481. The number of piperazine rings is 1. The monoisotopic (exact) mass is 477 g/mol. The van der Waals surface area contributed by atoms with Crippen LogP contribution in [0.5, 0.6) is 0 Å². The molecule has 2 fully saturated rings. The SMILES string of the molecule is CCc1cc2c(cc1N1CCN(C3CC3)CC1)C(C)(C)c1[nH]c3cc(Br)ccc3c1C2. The van der Waals surface area contributed by atoms with Crippen molar-refractivity contribution in [2.24, 2.45) is 0 Å². The number of aryl methyl sites for hydroxylation is 1. The summed E-state index contributed by atoms with van der Waals surface area (Å²) in [5.74, 6) is 0. The molecule has 3 aromatic rings. The molecular weight excluding hydrogens is 446 g/mol. The minimum Gasteiger partial charge on any atom is -0.369 e. The van der Waals surface area contributed by atoms with E-state index in [0.29, 0.717) is 0 Å². The topological polar surface area (TPSA) is 22.3 Å². The molecule has 3 nitrogen and oxygen atoms in total. The van der Waals surface area contributed by atoms with Gasteiger partial charge >= 0.3 is 0 Å². The molecule has 2 heterocycles. The lowest BCUT2D eigenvalue weighted by Gasteiger charge is -2.39. The molecule has 1 saturated carbocycles. The largest absolute Gasteiger partial charge is 0.369 e. The van der Waals surface area contributed by atoms with E-state index in [1.54, 1.807) is 0 Å². The number of aromatic amines is 1. The lowest BCUT2D eigenvalue weighted by atomic mass is 9.71. The van der Waals surface area contributed by atoms with Crippen LogP contribution in [0.3, 0.4) is 0 Å². The van der Waals surface area contributed by atoms with Gasteiger partial charge in [-0.2, -0.15) is 0 Å². The number of hydrogen-bond acceptors (Lipinski definition) is 2. The lowest BCUT2D eigenvalue weighted by molar-refractivity contribution is 0.248. The van der Waals surface area contributed by atoms with Gasteiger partial charge in [0.15, 0.2) is 0 Å². The molecule has 1 aromatic heterocycles. The summed E-state index contributed by atoms with van der Waals surface area (Å²) in [6.45, 7) is 11.9. The highest BCUT2D eigenvalue weighted by Gasteiger charge is 2.37. The molecule has 1 aliphatic heterocycles. The van der Waals surface area contributed by atoms with Crippen LogP contribution in [0.1, 0.15) is 61.6 Å². The molecule has 4 heteroatoms. The fourth-order valence-electron chi connectivity index (χ4n) is 6.03. The van der Waals surface area contributed by atoms with Gasteiger partial charge in [0.1, 0.15) is 0 Å². The van der Waals surface area contributed by atoms with E-state index < -0.39 is 0 Å². The van der Waals surface area contributed by atoms with Crippen LogP contribution < -0.4 is 4.90 Å². The van der Waals surface area contributed by atoms with E-state index in [1.165, 1.54) is 70.5 Å². The minimum absolute atomic E-state index is 0.0226. The maximum absolute atomic E-state index is 3.79. The van der Waals surface area contributed by atoms with E-state index >= 15 is 0 Å². The second-order valence-electron chi connectivity index (χ2n) is 10.2. The molecule has 2 aromatic carbocycles. The Balaban J connectivity index is 1.41. The summed E-state index contributed by atoms with van der Waals surface area (Å²) in [6, 6.07) is 12.6. The van der Waals surface area contributed by atoms with Crippen LogP contribution in [0.2, 0.25) is 0 Å². The van der Waals surface area contributed by atoms with Crippen LogP contribution in [0.25, 0.3) is 10.9 Å². The lowest BCUT2D eigenvalue weighted by Crippen LogP contribution is -2.47. The number of halogens is 1. The van der Waals surface area contributed by atoms with Crippen molar-refractivity contribution < 1.29 is 0 Å². The van der Waals surface area contributed by atoms with Crippen molar-refractivity contribution in [3.63, 3.8) is 0 Å². The number of H-pyrrole nitrogens is 1. The van der Waals surface area contributed by atoms with Crippen LogP contribution >= 0.6 is 15.9 Å². The fourth-order valence-corrected chi connectivity index (χ4v) is 6.39. The Hall–Kier alpha value is -1.78. The molecule has 0 unspecified atom stereocenters. The summed E-state index contributed by atoms with van der Waals surface area (Å²) in [5.41, 5.74) is 10.1. The maximum atomic E-state index is 3.79. The van der Waals surface area contributed by atoms with Crippen molar-refractivity contribution in [1.29, 1.82) is 0 Å². The third-order valence-corrected chi connectivity index (χ3v) is 8.43. The Morgan fingerprint density at radius 1 is 1.06 bits per heavy atom. The third-order valence-electron chi connectivity index (χ3n) is 7.94. The normalized spacial score (nSPS) is 20.7. The molecule has 0 radical (unpaired) electrons. The zero-order valence-electron chi connectivity index (χ0n) is 18.9. The number of anilines is 1. The quantitative estimate of drug-likeness (QED) is 0.498. The van der Waals surface area contributed by atoms with Gasteiger partial charge in [0, 0.05) is 70.8 Å². The Kier molecular flexibility index (Phi) is 4.56. The Morgan fingerprint density at radius 3 is 2.55 bits per heavy atom. The van der Waals surface area contributed by atoms with Gasteiger partial charge in [-0.1, -0.05) is 48.8 Å². The molecular formula is C27H32BrN3. The Morgan fingerprint density at radius 2 is 1.84 bits per heavy atom. The molecule has 31 heavy (non-hydrogen) atoms. The molecule has 0 atom stereocenters. The van der Waals surface area contributed by atoms with Crippen molar-refractivity contribution in [3.05, 3.63) is 62.8 Å². The van der Waals surface area contributed by atoms with Crippen LogP contribution in [0.15, 0.2) is 34.8 Å². The summed E-state index contributed by atoms with van der Waals surface area (Å²) < 4.78 is 1.13. The predicted molar refractivity (Wildman–Crippen MR) is 134 cm³/mol. The van der Waals surface area contributed by atoms with Crippen molar-refractivity contribution in [2.45, 2.75) is 57.9 Å². The second kappa shape index (κ2) is 7.11. The maximum Gasteiger partial charge on any atom is 0.0470 e. The van der Waals surface area contributed by atoms with Gasteiger partial charge in [-0.3, -0.25) is 4.90 Å². The van der Waals surface area contributed by atoms with E-state index in [0.717, 1.165) is 36.4 Å². The number of nitrogens with zero attached hydrogens (tertiary/aromatic N) is 2. The van der Waals surface area contributed by atoms with Crippen LogP contribution in [0.4, 0.5) is 5.69 Å². The number of fused-ring (bicyclic) bond motifs is 4. The molecule has 1 saturated heterocycles. The van der Waals surface area contributed by atoms with Gasteiger partial charge in [0.05, 0.1) is 0 Å². The van der Waals surface area contributed by atoms with Crippen molar-refractivity contribution in [2.75, 3.05) is 31.1 Å². The Bertz CT molecular complexity index is 1160. The standard InChI is InChI=1S/C27H32BrN3/c1-4-17-13-18-14-22-21-8-5-19(28)15-24(21)29-26(22)27(2,3)23(18)16-25(17)31-11-9-30(10-12-31)20-6-7-20/h5,8,13,15-16,20,29H,4,6-7,9-12,14H2,1-3H3. The van der Waals surface area contributed by atoms with Crippen molar-refractivity contribution in [1.82, 2.24) is 9.88 Å².